The van der Waals surface area contributed by atoms with Gasteiger partial charge >= 0.3 is 0 Å². The number of fused-ring (bicyclic) bond motifs is 1. The van der Waals surface area contributed by atoms with Crippen LogP contribution in [0.5, 0.6) is 5.88 Å². The molecule has 4 aromatic rings. The number of hydrogen-bond donors (Lipinski definition) is 0. The molecular weight excluding hydrogens is 315 g/mol. The third kappa shape index (κ3) is 3.19. The smallest absolute Gasteiger partial charge is 0.221 e. The summed E-state index contributed by atoms with van der Waals surface area (Å²) in [5.74, 6) is 0.0927. The molecule has 0 atom stereocenters. The third-order valence-corrected chi connectivity index (χ3v) is 3.97. The summed E-state index contributed by atoms with van der Waals surface area (Å²) in [5, 5.41) is 1.50. The molecule has 0 amide bonds. The van der Waals surface area contributed by atoms with Gasteiger partial charge in [-0.2, -0.15) is 0 Å². The van der Waals surface area contributed by atoms with E-state index in [9.17, 15) is 4.39 Å². The molecular formula is C21H15FN2O. The van der Waals surface area contributed by atoms with E-state index in [0.29, 0.717) is 17.9 Å². The SMILES string of the molecule is Fc1ccc2c(-c3ccccn3)cnc(OCc3ccccc3)c2c1. The number of halogens is 1. The molecule has 25 heavy (non-hydrogen) atoms. The Labute approximate surface area is 144 Å². The molecule has 4 heteroatoms. The largest absolute Gasteiger partial charge is 0.472 e. The fourth-order valence-corrected chi connectivity index (χ4v) is 2.76. The fourth-order valence-electron chi connectivity index (χ4n) is 2.76. The van der Waals surface area contributed by atoms with E-state index in [1.165, 1.54) is 12.1 Å². The van der Waals surface area contributed by atoms with Crippen molar-refractivity contribution in [1.29, 1.82) is 0 Å². The van der Waals surface area contributed by atoms with Crippen molar-refractivity contribution in [2.24, 2.45) is 0 Å². The second-order valence-electron chi connectivity index (χ2n) is 5.66. The van der Waals surface area contributed by atoms with Gasteiger partial charge in [0.25, 0.3) is 0 Å². The van der Waals surface area contributed by atoms with Crippen LogP contribution in [0.4, 0.5) is 4.39 Å². The number of ether oxygens (including phenoxy) is 1. The highest BCUT2D eigenvalue weighted by atomic mass is 19.1. The van der Waals surface area contributed by atoms with Crippen LogP contribution in [0, 0.1) is 5.82 Å². The minimum Gasteiger partial charge on any atom is -0.472 e. The summed E-state index contributed by atoms with van der Waals surface area (Å²) in [7, 11) is 0. The maximum atomic E-state index is 13.8. The average molecular weight is 330 g/mol. The molecule has 0 spiro atoms. The lowest BCUT2D eigenvalue weighted by atomic mass is 10.0. The molecule has 3 nitrogen and oxygen atoms in total. The van der Waals surface area contributed by atoms with Gasteiger partial charge in [-0.3, -0.25) is 4.98 Å². The van der Waals surface area contributed by atoms with Crippen LogP contribution in [0.15, 0.2) is 79.1 Å². The molecule has 0 fully saturated rings. The molecule has 0 unspecified atom stereocenters. The molecule has 0 saturated carbocycles. The van der Waals surface area contributed by atoms with E-state index in [2.05, 4.69) is 9.97 Å². The lowest BCUT2D eigenvalue weighted by Crippen LogP contribution is -1.99. The number of pyridine rings is 2. The Hall–Kier alpha value is -3.27. The number of aromatic nitrogens is 2. The summed E-state index contributed by atoms with van der Waals surface area (Å²) in [6.45, 7) is 0.377. The molecule has 0 aliphatic carbocycles. The van der Waals surface area contributed by atoms with Crippen LogP contribution in [0.2, 0.25) is 0 Å². The highest BCUT2D eigenvalue weighted by Crippen LogP contribution is 2.32. The van der Waals surface area contributed by atoms with Crippen molar-refractivity contribution in [1.82, 2.24) is 9.97 Å². The van der Waals surface area contributed by atoms with E-state index in [-0.39, 0.29) is 5.82 Å². The van der Waals surface area contributed by atoms with E-state index in [4.69, 9.17) is 4.74 Å². The molecule has 0 bridgehead atoms. The maximum absolute atomic E-state index is 13.8. The fraction of sp³-hybridized carbons (Fsp3) is 0.0476. The van der Waals surface area contributed by atoms with E-state index in [0.717, 1.165) is 22.2 Å². The zero-order valence-electron chi connectivity index (χ0n) is 13.4. The van der Waals surface area contributed by atoms with Gasteiger partial charge in [0.1, 0.15) is 12.4 Å². The Morgan fingerprint density at radius 1 is 0.840 bits per heavy atom. The van der Waals surface area contributed by atoms with Gasteiger partial charge in [0.15, 0.2) is 0 Å². The quantitative estimate of drug-likeness (QED) is 0.527. The monoisotopic (exact) mass is 330 g/mol. The first-order chi connectivity index (χ1) is 12.3. The Morgan fingerprint density at radius 2 is 1.68 bits per heavy atom. The Morgan fingerprint density at radius 3 is 2.48 bits per heavy atom. The molecule has 0 radical (unpaired) electrons. The van der Waals surface area contributed by atoms with Crippen molar-refractivity contribution < 1.29 is 9.13 Å². The number of nitrogens with zero attached hydrogens (tertiary/aromatic N) is 2. The summed E-state index contributed by atoms with van der Waals surface area (Å²) in [5.41, 5.74) is 2.67. The van der Waals surface area contributed by atoms with Crippen molar-refractivity contribution in [3.63, 3.8) is 0 Å². The van der Waals surface area contributed by atoms with Gasteiger partial charge in [0, 0.05) is 23.3 Å². The highest BCUT2D eigenvalue weighted by Gasteiger charge is 2.12. The van der Waals surface area contributed by atoms with Crippen LogP contribution in [0.1, 0.15) is 5.56 Å². The van der Waals surface area contributed by atoms with Gasteiger partial charge in [-0.25, -0.2) is 9.37 Å². The second kappa shape index (κ2) is 6.69. The van der Waals surface area contributed by atoms with Gasteiger partial charge in [-0.05, 0) is 35.2 Å². The minimum absolute atomic E-state index is 0.322. The molecule has 2 aromatic heterocycles. The Bertz CT molecular complexity index is 1000. The molecule has 0 saturated heterocycles. The molecule has 0 aliphatic rings. The topological polar surface area (TPSA) is 35.0 Å². The predicted molar refractivity (Wildman–Crippen MR) is 95.7 cm³/mol. The van der Waals surface area contributed by atoms with Crippen LogP contribution < -0.4 is 4.74 Å². The number of rotatable bonds is 4. The van der Waals surface area contributed by atoms with Crippen LogP contribution in [0.25, 0.3) is 22.0 Å². The molecule has 4 rings (SSSR count). The van der Waals surface area contributed by atoms with E-state index >= 15 is 0 Å². The van der Waals surface area contributed by atoms with Crippen LogP contribution in [0.3, 0.4) is 0 Å². The van der Waals surface area contributed by atoms with Gasteiger partial charge < -0.3 is 4.74 Å². The van der Waals surface area contributed by atoms with Gasteiger partial charge in [0.2, 0.25) is 5.88 Å². The van der Waals surface area contributed by atoms with Crippen LogP contribution >= 0.6 is 0 Å². The normalized spacial score (nSPS) is 10.8. The zero-order chi connectivity index (χ0) is 17.1. The molecule has 2 aromatic carbocycles. The van der Waals surface area contributed by atoms with E-state index < -0.39 is 0 Å². The summed E-state index contributed by atoms with van der Waals surface area (Å²) in [4.78, 5) is 8.78. The summed E-state index contributed by atoms with van der Waals surface area (Å²) >= 11 is 0. The Kier molecular flexibility index (Phi) is 4.09. The van der Waals surface area contributed by atoms with E-state index in [1.807, 2.05) is 48.5 Å². The summed E-state index contributed by atoms with van der Waals surface area (Å²) in [6, 6.07) is 20.1. The summed E-state index contributed by atoms with van der Waals surface area (Å²) < 4.78 is 19.7. The lowest BCUT2D eigenvalue weighted by Gasteiger charge is -2.11. The standard InChI is InChI=1S/C21H15FN2O/c22-16-9-10-17-18(12-16)21(25-14-15-6-2-1-3-7-15)24-13-19(17)20-8-4-5-11-23-20/h1-13H,14H2. The van der Waals surface area contributed by atoms with Crippen molar-refractivity contribution in [3.05, 3.63) is 90.5 Å². The molecule has 2 heterocycles. The van der Waals surface area contributed by atoms with Gasteiger partial charge in [0.05, 0.1) is 5.69 Å². The molecule has 0 N–H and O–H groups in total. The molecule has 0 aliphatic heterocycles. The van der Waals surface area contributed by atoms with Crippen LogP contribution in [-0.2, 0) is 6.61 Å². The van der Waals surface area contributed by atoms with Crippen molar-refractivity contribution in [2.75, 3.05) is 0 Å². The maximum Gasteiger partial charge on any atom is 0.221 e. The average Bonchev–Trinajstić information content (AvgIpc) is 2.67. The minimum atomic E-state index is -0.322. The molecule has 122 valence electrons. The first kappa shape index (κ1) is 15.3. The predicted octanol–water partition coefficient (Wildman–Crippen LogP) is 5.01. The number of benzene rings is 2. The zero-order valence-corrected chi connectivity index (χ0v) is 13.4. The number of hydrogen-bond acceptors (Lipinski definition) is 3. The van der Waals surface area contributed by atoms with E-state index in [1.54, 1.807) is 18.5 Å². The third-order valence-electron chi connectivity index (χ3n) is 3.97. The van der Waals surface area contributed by atoms with Crippen molar-refractivity contribution in [2.45, 2.75) is 6.61 Å². The summed E-state index contributed by atoms with van der Waals surface area (Å²) in [6.07, 6.45) is 3.45. The Balaban J connectivity index is 1.77. The van der Waals surface area contributed by atoms with Crippen molar-refractivity contribution >= 4 is 10.8 Å². The second-order valence-corrected chi connectivity index (χ2v) is 5.66. The van der Waals surface area contributed by atoms with Gasteiger partial charge in [-0.15, -0.1) is 0 Å². The first-order valence-electron chi connectivity index (χ1n) is 7.98. The highest BCUT2D eigenvalue weighted by molar-refractivity contribution is 5.98. The van der Waals surface area contributed by atoms with Gasteiger partial charge in [-0.1, -0.05) is 42.5 Å². The first-order valence-corrected chi connectivity index (χ1v) is 7.98. The van der Waals surface area contributed by atoms with Crippen LogP contribution in [-0.4, -0.2) is 9.97 Å². The lowest BCUT2D eigenvalue weighted by molar-refractivity contribution is 0.298. The van der Waals surface area contributed by atoms with Crippen molar-refractivity contribution in [3.8, 4) is 17.1 Å².